The van der Waals surface area contributed by atoms with Crippen molar-refractivity contribution in [1.82, 2.24) is 4.90 Å². The number of carbonyl (C=O) groups is 2. The van der Waals surface area contributed by atoms with E-state index in [9.17, 15) is 22.8 Å². The quantitative estimate of drug-likeness (QED) is 0.870. The lowest BCUT2D eigenvalue weighted by Crippen LogP contribution is -2.37. The SMILES string of the molecule is CC1CC(=O)N(CC(N)c2ccccc2C(F)(F)F)C1=O. The van der Waals surface area contributed by atoms with Gasteiger partial charge in [0.05, 0.1) is 5.56 Å². The summed E-state index contributed by atoms with van der Waals surface area (Å²) in [6, 6.07) is 3.85. The summed E-state index contributed by atoms with van der Waals surface area (Å²) in [5, 5.41) is 0. The van der Waals surface area contributed by atoms with Crippen molar-refractivity contribution < 1.29 is 22.8 Å². The molecule has 21 heavy (non-hydrogen) atoms. The zero-order chi connectivity index (χ0) is 15.8. The fourth-order valence-electron chi connectivity index (χ4n) is 2.41. The van der Waals surface area contributed by atoms with Crippen LogP contribution in [0.5, 0.6) is 0 Å². The Morgan fingerprint density at radius 1 is 1.33 bits per heavy atom. The van der Waals surface area contributed by atoms with Crippen molar-refractivity contribution in [3.8, 4) is 0 Å². The first-order chi connectivity index (χ1) is 9.71. The third-order valence-electron chi connectivity index (χ3n) is 3.51. The number of hydrogen-bond donors (Lipinski definition) is 1. The van der Waals surface area contributed by atoms with Crippen LogP contribution in [0.3, 0.4) is 0 Å². The first-order valence-corrected chi connectivity index (χ1v) is 6.47. The number of hydrogen-bond acceptors (Lipinski definition) is 3. The topological polar surface area (TPSA) is 63.4 Å². The van der Waals surface area contributed by atoms with Gasteiger partial charge in [0.15, 0.2) is 0 Å². The minimum atomic E-state index is -4.53. The number of carbonyl (C=O) groups excluding carboxylic acids is 2. The van der Waals surface area contributed by atoms with Crippen LogP contribution in [0.4, 0.5) is 13.2 Å². The standard InChI is InChI=1S/C14H15F3N2O2/c1-8-6-12(20)19(13(8)21)7-11(18)9-4-2-3-5-10(9)14(15,16)17/h2-5,8,11H,6-7,18H2,1H3. The smallest absolute Gasteiger partial charge is 0.322 e. The van der Waals surface area contributed by atoms with Crippen molar-refractivity contribution in [3.05, 3.63) is 35.4 Å². The fourth-order valence-corrected chi connectivity index (χ4v) is 2.41. The molecule has 0 radical (unpaired) electrons. The second kappa shape index (κ2) is 5.48. The summed E-state index contributed by atoms with van der Waals surface area (Å²) in [6.45, 7) is 1.37. The molecule has 4 nitrogen and oxygen atoms in total. The van der Waals surface area contributed by atoms with Gasteiger partial charge in [-0.2, -0.15) is 13.2 Å². The summed E-state index contributed by atoms with van der Waals surface area (Å²) in [4.78, 5) is 24.4. The molecule has 0 aliphatic carbocycles. The normalized spacial score (nSPS) is 21.0. The molecule has 2 N–H and O–H groups in total. The Kier molecular flexibility index (Phi) is 4.04. The first kappa shape index (κ1) is 15.5. The van der Waals surface area contributed by atoms with E-state index in [1.165, 1.54) is 18.2 Å². The van der Waals surface area contributed by atoms with Crippen LogP contribution in [-0.4, -0.2) is 23.3 Å². The lowest BCUT2D eigenvalue weighted by Gasteiger charge is -2.22. The average molecular weight is 300 g/mol. The van der Waals surface area contributed by atoms with E-state index in [2.05, 4.69) is 0 Å². The van der Waals surface area contributed by atoms with Crippen LogP contribution in [0.15, 0.2) is 24.3 Å². The van der Waals surface area contributed by atoms with Crippen molar-refractivity contribution in [2.24, 2.45) is 11.7 Å². The molecule has 0 bridgehead atoms. The molecule has 2 amide bonds. The van der Waals surface area contributed by atoms with E-state index in [1.807, 2.05) is 0 Å². The van der Waals surface area contributed by atoms with Gasteiger partial charge in [-0.15, -0.1) is 0 Å². The fraction of sp³-hybridized carbons (Fsp3) is 0.429. The summed E-state index contributed by atoms with van der Waals surface area (Å²) in [6.07, 6.45) is -4.45. The maximum Gasteiger partial charge on any atom is 0.416 e. The number of benzene rings is 1. The summed E-state index contributed by atoms with van der Waals surface area (Å²) in [5.74, 6) is -1.23. The summed E-state index contributed by atoms with van der Waals surface area (Å²) < 4.78 is 38.8. The second-order valence-corrected chi connectivity index (χ2v) is 5.14. The molecule has 114 valence electrons. The van der Waals surface area contributed by atoms with Crippen LogP contribution in [0.25, 0.3) is 0 Å². The Labute approximate surface area is 119 Å². The lowest BCUT2D eigenvalue weighted by molar-refractivity contribution is -0.139. The van der Waals surface area contributed by atoms with Crippen LogP contribution in [0.1, 0.15) is 30.5 Å². The van der Waals surface area contributed by atoms with Crippen molar-refractivity contribution in [3.63, 3.8) is 0 Å². The number of amides is 2. The zero-order valence-corrected chi connectivity index (χ0v) is 11.4. The van der Waals surface area contributed by atoms with Gasteiger partial charge in [0, 0.05) is 24.9 Å². The minimum absolute atomic E-state index is 0.0759. The first-order valence-electron chi connectivity index (χ1n) is 6.47. The molecule has 1 aliphatic heterocycles. The van der Waals surface area contributed by atoms with Gasteiger partial charge in [-0.1, -0.05) is 25.1 Å². The van der Waals surface area contributed by atoms with E-state index >= 15 is 0 Å². The number of nitrogens with zero attached hydrogens (tertiary/aromatic N) is 1. The van der Waals surface area contributed by atoms with E-state index in [0.29, 0.717) is 0 Å². The van der Waals surface area contributed by atoms with Gasteiger partial charge in [0.25, 0.3) is 0 Å². The molecule has 2 atom stereocenters. The van der Waals surface area contributed by atoms with E-state index in [-0.39, 0.29) is 24.4 Å². The molecule has 1 aromatic rings. The summed E-state index contributed by atoms with van der Waals surface area (Å²) in [5.41, 5.74) is 4.83. The predicted molar refractivity (Wildman–Crippen MR) is 68.9 cm³/mol. The molecule has 7 heteroatoms. The maximum absolute atomic E-state index is 12.9. The van der Waals surface area contributed by atoms with Gasteiger partial charge < -0.3 is 5.73 Å². The molecule has 0 aromatic heterocycles. The van der Waals surface area contributed by atoms with Crippen LogP contribution < -0.4 is 5.73 Å². The zero-order valence-electron chi connectivity index (χ0n) is 11.4. The second-order valence-electron chi connectivity index (χ2n) is 5.14. The van der Waals surface area contributed by atoms with Gasteiger partial charge >= 0.3 is 6.18 Å². The lowest BCUT2D eigenvalue weighted by atomic mass is 10.00. The van der Waals surface area contributed by atoms with E-state index < -0.39 is 29.6 Å². The maximum atomic E-state index is 12.9. The number of rotatable bonds is 3. The van der Waals surface area contributed by atoms with Crippen molar-refractivity contribution in [1.29, 1.82) is 0 Å². The number of halogens is 3. The minimum Gasteiger partial charge on any atom is -0.322 e. The molecule has 1 aromatic carbocycles. The van der Waals surface area contributed by atoms with Crippen LogP contribution in [-0.2, 0) is 15.8 Å². The van der Waals surface area contributed by atoms with E-state index in [1.54, 1.807) is 6.92 Å². The molecular formula is C14H15F3N2O2. The molecule has 2 unspecified atom stereocenters. The number of alkyl halides is 3. The Hall–Kier alpha value is -1.89. The Bertz CT molecular complexity index is 572. The van der Waals surface area contributed by atoms with Gasteiger partial charge in [-0.3, -0.25) is 14.5 Å². The van der Waals surface area contributed by atoms with Crippen molar-refractivity contribution in [2.45, 2.75) is 25.6 Å². The van der Waals surface area contributed by atoms with E-state index in [4.69, 9.17) is 5.73 Å². The molecule has 2 rings (SSSR count). The highest BCUT2D eigenvalue weighted by atomic mass is 19.4. The van der Waals surface area contributed by atoms with Crippen LogP contribution >= 0.6 is 0 Å². The third kappa shape index (κ3) is 3.07. The average Bonchev–Trinajstić information content (AvgIpc) is 2.64. The highest BCUT2D eigenvalue weighted by Crippen LogP contribution is 2.34. The third-order valence-corrected chi connectivity index (χ3v) is 3.51. The Balaban J connectivity index is 2.24. The van der Waals surface area contributed by atoms with Crippen LogP contribution in [0, 0.1) is 5.92 Å². The summed E-state index contributed by atoms with van der Waals surface area (Å²) >= 11 is 0. The van der Waals surface area contributed by atoms with Gasteiger partial charge in [0.1, 0.15) is 0 Å². The molecule has 1 fully saturated rings. The van der Waals surface area contributed by atoms with Crippen molar-refractivity contribution >= 4 is 11.8 Å². The highest BCUT2D eigenvalue weighted by molar-refractivity contribution is 6.03. The number of likely N-dealkylation sites (tertiary alicyclic amines) is 1. The highest BCUT2D eigenvalue weighted by Gasteiger charge is 2.38. The number of imide groups is 1. The Morgan fingerprint density at radius 2 is 1.95 bits per heavy atom. The van der Waals surface area contributed by atoms with Gasteiger partial charge in [-0.05, 0) is 11.6 Å². The van der Waals surface area contributed by atoms with E-state index in [0.717, 1.165) is 11.0 Å². The van der Waals surface area contributed by atoms with Crippen LogP contribution in [0.2, 0.25) is 0 Å². The molecule has 1 heterocycles. The monoisotopic (exact) mass is 300 g/mol. The summed E-state index contributed by atoms with van der Waals surface area (Å²) in [7, 11) is 0. The molecule has 1 aliphatic rings. The largest absolute Gasteiger partial charge is 0.416 e. The number of nitrogens with two attached hydrogens (primary N) is 1. The predicted octanol–water partition coefficient (Wildman–Crippen LogP) is 2.10. The molecule has 0 spiro atoms. The Morgan fingerprint density at radius 3 is 2.48 bits per heavy atom. The van der Waals surface area contributed by atoms with Crippen molar-refractivity contribution in [2.75, 3.05) is 6.54 Å². The van der Waals surface area contributed by atoms with Gasteiger partial charge in [-0.25, -0.2) is 0 Å². The molecular weight excluding hydrogens is 285 g/mol. The molecule has 0 saturated carbocycles. The molecule has 1 saturated heterocycles. The van der Waals surface area contributed by atoms with Gasteiger partial charge in [0.2, 0.25) is 11.8 Å².